The molecule has 2 heterocycles. The average Bonchev–Trinajstić information content (AvgIpc) is 3.43. The molecule has 0 N–H and O–H groups in total. The molecule has 1 unspecified atom stereocenters. The second-order valence-electron chi connectivity index (χ2n) is 8.39. The lowest BCUT2D eigenvalue weighted by molar-refractivity contribution is 0.141. The van der Waals surface area contributed by atoms with E-state index in [9.17, 15) is 0 Å². The van der Waals surface area contributed by atoms with E-state index in [1.807, 2.05) is 12.1 Å². The molecular weight excluding hydrogens is 388 g/mol. The largest absolute Gasteiger partial charge is 0.493 e. The molecule has 1 saturated heterocycles. The van der Waals surface area contributed by atoms with Gasteiger partial charge in [-0.3, -0.25) is 0 Å². The first-order chi connectivity index (χ1) is 15.2. The Hall–Kier alpha value is -2.98. The second-order valence-corrected chi connectivity index (χ2v) is 8.39. The first-order valence-electron chi connectivity index (χ1n) is 11.0. The average molecular weight is 417 g/mol. The van der Waals surface area contributed by atoms with Gasteiger partial charge in [0.25, 0.3) is 0 Å². The van der Waals surface area contributed by atoms with Crippen LogP contribution in [-0.4, -0.2) is 25.9 Å². The molecule has 0 amide bonds. The van der Waals surface area contributed by atoms with Crippen LogP contribution in [-0.2, 0) is 17.8 Å². The first-order valence-corrected chi connectivity index (χ1v) is 11.0. The Morgan fingerprint density at radius 3 is 2.61 bits per heavy atom. The van der Waals surface area contributed by atoms with E-state index in [2.05, 4.69) is 56.3 Å². The zero-order valence-electron chi connectivity index (χ0n) is 18.1. The fourth-order valence-electron chi connectivity index (χ4n) is 4.47. The van der Waals surface area contributed by atoms with Gasteiger partial charge in [0.1, 0.15) is 30.0 Å². The van der Waals surface area contributed by atoms with Crippen molar-refractivity contribution in [3.05, 3.63) is 76.9 Å². The quantitative estimate of drug-likeness (QED) is 0.520. The fourth-order valence-corrected chi connectivity index (χ4v) is 4.47. The summed E-state index contributed by atoms with van der Waals surface area (Å²) in [5.74, 6) is 2.72. The molecule has 4 nitrogen and oxygen atoms in total. The van der Waals surface area contributed by atoms with E-state index >= 15 is 0 Å². The van der Waals surface area contributed by atoms with Gasteiger partial charge in [-0.25, -0.2) is 0 Å². The van der Waals surface area contributed by atoms with Gasteiger partial charge in [0.05, 0.1) is 19.8 Å². The number of hydrogen-bond donors (Lipinski definition) is 0. The van der Waals surface area contributed by atoms with Crippen LogP contribution < -0.4 is 14.2 Å². The zero-order chi connectivity index (χ0) is 21.2. The van der Waals surface area contributed by atoms with Crippen molar-refractivity contribution in [3.8, 4) is 28.4 Å². The third kappa shape index (κ3) is 4.40. The van der Waals surface area contributed by atoms with Crippen molar-refractivity contribution < 1.29 is 18.9 Å². The van der Waals surface area contributed by atoms with Gasteiger partial charge in [-0.15, -0.1) is 0 Å². The molecular formula is C27H28O4. The molecule has 2 aliphatic rings. The molecule has 0 spiro atoms. The summed E-state index contributed by atoms with van der Waals surface area (Å²) in [6, 6.07) is 19.0. The maximum Gasteiger partial charge on any atom is 0.126 e. The number of rotatable bonds is 6. The predicted molar refractivity (Wildman–Crippen MR) is 121 cm³/mol. The minimum atomic E-state index is 0.162. The minimum Gasteiger partial charge on any atom is -0.493 e. The summed E-state index contributed by atoms with van der Waals surface area (Å²) in [5, 5.41) is 0. The van der Waals surface area contributed by atoms with Gasteiger partial charge < -0.3 is 18.9 Å². The van der Waals surface area contributed by atoms with Crippen LogP contribution in [0.15, 0.2) is 54.6 Å². The molecule has 3 aromatic carbocycles. The Kier molecular flexibility index (Phi) is 5.56. The minimum absolute atomic E-state index is 0.162. The highest BCUT2D eigenvalue weighted by molar-refractivity contribution is 5.72. The highest BCUT2D eigenvalue weighted by Crippen LogP contribution is 2.33. The molecule has 4 heteroatoms. The Morgan fingerprint density at radius 2 is 1.81 bits per heavy atom. The van der Waals surface area contributed by atoms with Crippen LogP contribution in [0.25, 0.3) is 11.1 Å². The van der Waals surface area contributed by atoms with Crippen LogP contribution in [0, 0.1) is 13.8 Å². The Labute approximate surface area is 183 Å². The second kappa shape index (κ2) is 8.64. The number of benzene rings is 3. The number of ether oxygens (including phenoxy) is 4. The summed E-state index contributed by atoms with van der Waals surface area (Å²) in [4.78, 5) is 0. The molecule has 5 rings (SSSR count). The Morgan fingerprint density at radius 1 is 0.935 bits per heavy atom. The monoisotopic (exact) mass is 416 g/mol. The lowest BCUT2D eigenvalue weighted by atomic mass is 9.94. The summed E-state index contributed by atoms with van der Waals surface area (Å²) < 4.78 is 23.2. The van der Waals surface area contributed by atoms with Gasteiger partial charge in [0, 0.05) is 18.9 Å². The van der Waals surface area contributed by atoms with Crippen LogP contribution >= 0.6 is 0 Å². The molecule has 0 aliphatic carbocycles. The lowest BCUT2D eigenvalue weighted by Crippen LogP contribution is -2.15. The molecule has 3 aromatic rings. The van der Waals surface area contributed by atoms with E-state index in [-0.39, 0.29) is 6.10 Å². The smallest absolute Gasteiger partial charge is 0.126 e. The normalized spacial score (nSPS) is 17.3. The number of aryl methyl sites for hydroxylation is 2. The standard InChI is InChI=1S/C27H28O4/c1-18-12-25(31-24-9-10-28-17-24)13-19(2)27(18)22-5-3-4-20(14-22)16-30-23-7-6-21-8-11-29-26(21)15-23/h3-7,12-15,24H,8-11,16-17H2,1-2H3. The Bertz CT molecular complexity index is 1060. The van der Waals surface area contributed by atoms with Crippen molar-refractivity contribution in [2.45, 2.75) is 39.4 Å². The molecule has 31 heavy (non-hydrogen) atoms. The topological polar surface area (TPSA) is 36.9 Å². The van der Waals surface area contributed by atoms with Crippen LogP contribution in [0.1, 0.15) is 28.7 Å². The van der Waals surface area contributed by atoms with Crippen LogP contribution in [0.4, 0.5) is 0 Å². The van der Waals surface area contributed by atoms with Gasteiger partial charge >= 0.3 is 0 Å². The van der Waals surface area contributed by atoms with E-state index in [4.69, 9.17) is 18.9 Å². The zero-order valence-corrected chi connectivity index (χ0v) is 18.1. The molecule has 1 fully saturated rings. The third-order valence-electron chi connectivity index (χ3n) is 5.99. The highest BCUT2D eigenvalue weighted by atomic mass is 16.5. The van der Waals surface area contributed by atoms with Crippen LogP contribution in [0.2, 0.25) is 0 Å². The van der Waals surface area contributed by atoms with Crippen molar-refractivity contribution >= 4 is 0 Å². The van der Waals surface area contributed by atoms with Crippen molar-refractivity contribution in [2.24, 2.45) is 0 Å². The van der Waals surface area contributed by atoms with E-state index in [1.54, 1.807) is 0 Å². The van der Waals surface area contributed by atoms with Gasteiger partial charge in [-0.1, -0.05) is 24.3 Å². The number of fused-ring (bicyclic) bond motifs is 1. The van der Waals surface area contributed by atoms with Crippen molar-refractivity contribution in [3.63, 3.8) is 0 Å². The van der Waals surface area contributed by atoms with Gasteiger partial charge in [-0.05, 0) is 71.5 Å². The summed E-state index contributed by atoms with van der Waals surface area (Å²) in [7, 11) is 0. The first kappa shape index (κ1) is 20.0. The maximum atomic E-state index is 6.12. The van der Waals surface area contributed by atoms with E-state index in [0.717, 1.165) is 48.9 Å². The van der Waals surface area contributed by atoms with Gasteiger partial charge in [0.15, 0.2) is 0 Å². The van der Waals surface area contributed by atoms with Crippen molar-refractivity contribution in [1.29, 1.82) is 0 Å². The van der Waals surface area contributed by atoms with E-state index < -0.39 is 0 Å². The van der Waals surface area contributed by atoms with E-state index in [1.165, 1.54) is 27.8 Å². The summed E-state index contributed by atoms with van der Waals surface area (Å²) >= 11 is 0. The van der Waals surface area contributed by atoms with Crippen molar-refractivity contribution in [1.82, 2.24) is 0 Å². The molecule has 2 aliphatic heterocycles. The van der Waals surface area contributed by atoms with E-state index in [0.29, 0.717) is 13.2 Å². The maximum absolute atomic E-state index is 6.12. The lowest BCUT2D eigenvalue weighted by Gasteiger charge is -2.17. The Balaban J connectivity index is 1.32. The SMILES string of the molecule is Cc1cc(OC2CCOC2)cc(C)c1-c1cccc(COc2ccc3c(c2)OCC3)c1. The van der Waals surface area contributed by atoms with Crippen LogP contribution in [0.3, 0.4) is 0 Å². The van der Waals surface area contributed by atoms with Gasteiger partial charge in [-0.2, -0.15) is 0 Å². The number of hydrogen-bond acceptors (Lipinski definition) is 4. The van der Waals surface area contributed by atoms with Crippen molar-refractivity contribution in [2.75, 3.05) is 19.8 Å². The summed E-state index contributed by atoms with van der Waals surface area (Å²) in [6.45, 7) is 7.04. The third-order valence-corrected chi connectivity index (χ3v) is 5.99. The summed E-state index contributed by atoms with van der Waals surface area (Å²) in [5.41, 5.74) is 7.27. The van der Waals surface area contributed by atoms with Crippen LogP contribution in [0.5, 0.6) is 17.2 Å². The fraction of sp³-hybridized carbons (Fsp3) is 0.333. The molecule has 0 aromatic heterocycles. The molecule has 1 atom stereocenters. The summed E-state index contributed by atoms with van der Waals surface area (Å²) in [6.07, 6.45) is 2.10. The molecule has 0 saturated carbocycles. The molecule has 160 valence electrons. The molecule has 0 bridgehead atoms. The predicted octanol–water partition coefficient (Wildman–Crippen LogP) is 5.65. The highest BCUT2D eigenvalue weighted by Gasteiger charge is 2.18. The molecule has 0 radical (unpaired) electrons. The van der Waals surface area contributed by atoms with Gasteiger partial charge in [0.2, 0.25) is 0 Å².